The summed E-state index contributed by atoms with van der Waals surface area (Å²) in [4.78, 5) is 11.8. The predicted molar refractivity (Wildman–Crippen MR) is 101 cm³/mol. The molecule has 0 saturated carbocycles. The number of benzene rings is 1. The zero-order chi connectivity index (χ0) is 18.9. The van der Waals surface area contributed by atoms with Crippen molar-refractivity contribution in [3.05, 3.63) is 60.9 Å². The van der Waals surface area contributed by atoms with Crippen LogP contribution in [0.1, 0.15) is 0 Å². The Morgan fingerprint density at radius 2 is 1.74 bits per heavy atom. The first-order valence-electron chi connectivity index (χ1n) is 8.49. The van der Waals surface area contributed by atoms with Gasteiger partial charge in [0, 0.05) is 25.5 Å². The Labute approximate surface area is 157 Å². The lowest BCUT2D eigenvalue weighted by atomic mass is 10.3. The monoisotopic (exact) mass is 367 g/mol. The fraction of sp³-hybridized carbons (Fsp3) is 0.211. The largest absolute Gasteiger partial charge is 0.497 e. The third-order valence-corrected chi connectivity index (χ3v) is 3.70. The predicted octanol–water partition coefficient (Wildman–Crippen LogP) is 1.88. The molecule has 0 aliphatic heterocycles. The molecule has 1 aromatic carbocycles. The van der Waals surface area contributed by atoms with E-state index in [2.05, 4.69) is 20.8 Å². The van der Waals surface area contributed by atoms with Gasteiger partial charge in [0.15, 0.2) is 12.4 Å². The average Bonchev–Trinajstić information content (AvgIpc) is 3.25. The van der Waals surface area contributed by atoms with Gasteiger partial charge in [0.05, 0.1) is 7.11 Å². The summed E-state index contributed by atoms with van der Waals surface area (Å²) in [6, 6.07) is 14.6. The molecule has 2 heterocycles. The molecule has 0 aliphatic carbocycles. The van der Waals surface area contributed by atoms with Crippen molar-refractivity contribution >= 4 is 11.7 Å². The van der Waals surface area contributed by atoms with Crippen LogP contribution in [0.2, 0.25) is 0 Å². The van der Waals surface area contributed by atoms with Gasteiger partial charge in [0.2, 0.25) is 0 Å². The number of nitrogens with zero attached hydrogens (tertiary/aromatic N) is 3. The summed E-state index contributed by atoms with van der Waals surface area (Å²) in [6.45, 7) is 0.940. The summed E-state index contributed by atoms with van der Waals surface area (Å²) < 4.78 is 12.4. The molecule has 3 aromatic rings. The number of nitrogens with one attached hydrogen (secondary N) is 2. The molecule has 0 atom stereocenters. The van der Waals surface area contributed by atoms with Gasteiger partial charge >= 0.3 is 0 Å². The quantitative estimate of drug-likeness (QED) is 0.561. The number of methoxy groups -OCH3 is 1. The van der Waals surface area contributed by atoms with Crippen LogP contribution in [0.5, 0.6) is 11.5 Å². The van der Waals surface area contributed by atoms with Crippen LogP contribution in [0, 0.1) is 0 Å². The molecule has 0 saturated heterocycles. The molecule has 1 amide bonds. The lowest BCUT2D eigenvalue weighted by molar-refractivity contribution is -0.123. The first-order valence-corrected chi connectivity index (χ1v) is 8.49. The molecule has 2 N–H and O–H groups in total. The van der Waals surface area contributed by atoms with E-state index in [4.69, 9.17) is 9.47 Å². The molecule has 8 nitrogen and oxygen atoms in total. The number of rotatable bonds is 9. The number of carbonyl (C=O) groups is 1. The highest BCUT2D eigenvalue weighted by atomic mass is 16.5. The van der Waals surface area contributed by atoms with Crippen LogP contribution in [-0.2, 0) is 4.79 Å². The number of anilines is 1. The maximum absolute atomic E-state index is 11.8. The number of hydrogen-bond donors (Lipinski definition) is 2. The maximum atomic E-state index is 11.8. The SMILES string of the molecule is COc1ccc(OCC(=O)NCCNc2ccc(-n3cccc3)nn2)cc1. The molecule has 0 unspecified atom stereocenters. The molecular formula is C19H21N5O3. The third kappa shape index (κ3) is 5.46. The molecule has 0 fully saturated rings. The lowest BCUT2D eigenvalue weighted by Crippen LogP contribution is -2.32. The Kier molecular flexibility index (Phi) is 6.24. The van der Waals surface area contributed by atoms with Crippen LogP contribution >= 0.6 is 0 Å². The zero-order valence-corrected chi connectivity index (χ0v) is 15.0. The molecule has 2 aromatic heterocycles. The molecule has 8 heteroatoms. The second-order valence-corrected chi connectivity index (χ2v) is 5.61. The maximum Gasteiger partial charge on any atom is 0.258 e. The molecular weight excluding hydrogens is 346 g/mol. The topological polar surface area (TPSA) is 90.3 Å². The number of aromatic nitrogens is 3. The summed E-state index contributed by atoms with van der Waals surface area (Å²) in [5, 5.41) is 14.1. The molecule has 3 rings (SSSR count). The van der Waals surface area contributed by atoms with Crippen molar-refractivity contribution in [2.75, 3.05) is 32.1 Å². The standard InChI is InChI=1S/C19H21N5O3/c1-26-15-4-6-16(7-5-15)27-14-19(25)21-11-10-20-17-8-9-18(23-22-17)24-12-2-3-13-24/h2-9,12-13H,10-11,14H2,1H3,(H,20,22)(H,21,25). The fourth-order valence-electron chi connectivity index (χ4n) is 2.31. The van der Waals surface area contributed by atoms with Gasteiger partial charge in [-0.15, -0.1) is 10.2 Å². The minimum atomic E-state index is -0.193. The zero-order valence-electron chi connectivity index (χ0n) is 15.0. The van der Waals surface area contributed by atoms with Crippen molar-refractivity contribution in [1.29, 1.82) is 0 Å². The molecule has 0 bridgehead atoms. The van der Waals surface area contributed by atoms with E-state index in [1.54, 1.807) is 31.4 Å². The minimum absolute atomic E-state index is 0.0439. The van der Waals surface area contributed by atoms with Gasteiger partial charge in [-0.25, -0.2) is 0 Å². The van der Waals surface area contributed by atoms with Gasteiger partial charge in [-0.3, -0.25) is 4.79 Å². The van der Waals surface area contributed by atoms with Crippen molar-refractivity contribution in [1.82, 2.24) is 20.1 Å². The first kappa shape index (κ1) is 18.2. The molecule has 0 aliphatic rings. The molecule has 0 radical (unpaired) electrons. The third-order valence-electron chi connectivity index (χ3n) is 3.70. The van der Waals surface area contributed by atoms with Gasteiger partial charge in [-0.05, 0) is 48.5 Å². The van der Waals surface area contributed by atoms with Crippen LogP contribution in [0.3, 0.4) is 0 Å². The van der Waals surface area contributed by atoms with Gasteiger partial charge < -0.3 is 24.7 Å². The Bertz CT molecular complexity index is 833. The van der Waals surface area contributed by atoms with Crippen LogP contribution in [-0.4, -0.2) is 47.5 Å². The van der Waals surface area contributed by atoms with Crippen LogP contribution in [0.25, 0.3) is 5.82 Å². The normalized spacial score (nSPS) is 10.3. The van der Waals surface area contributed by atoms with Crippen molar-refractivity contribution in [2.45, 2.75) is 0 Å². The highest BCUT2D eigenvalue weighted by molar-refractivity contribution is 5.77. The lowest BCUT2D eigenvalue weighted by Gasteiger charge is -2.09. The second kappa shape index (κ2) is 9.23. The summed E-state index contributed by atoms with van der Waals surface area (Å²) in [5.41, 5.74) is 0. The molecule has 0 spiro atoms. The highest BCUT2D eigenvalue weighted by Crippen LogP contribution is 2.16. The minimum Gasteiger partial charge on any atom is -0.497 e. The van der Waals surface area contributed by atoms with Crippen LogP contribution in [0.15, 0.2) is 60.9 Å². The van der Waals surface area contributed by atoms with Gasteiger partial charge in [0.25, 0.3) is 5.91 Å². The summed E-state index contributed by atoms with van der Waals surface area (Å²) in [6.07, 6.45) is 3.81. The van der Waals surface area contributed by atoms with E-state index in [1.165, 1.54) is 0 Å². The second-order valence-electron chi connectivity index (χ2n) is 5.61. The van der Waals surface area contributed by atoms with E-state index in [9.17, 15) is 4.79 Å². The van der Waals surface area contributed by atoms with Crippen molar-refractivity contribution in [2.24, 2.45) is 0 Å². The van der Waals surface area contributed by atoms with E-state index in [-0.39, 0.29) is 12.5 Å². The van der Waals surface area contributed by atoms with Crippen molar-refractivity contribution < 1.29 is 14.3 Å². The number of ether oxygens (including phenoxy) is 2. The smallest absolute Gasteiger partial charge is 0.258 e. The Morgan fingerprint density at radius 1 is 1.00 bits per heavy atom. The fourth-order valence-corrected chi connectivity index (χ4v) is 2.31. The molecule has 27 heavy (non-hydrogen) atoms. The van der Waals surface area contributed by atoms with Gasteiger partial charge in [-0.1, -0.05) is 0 Å². The van der Waals surface area contributed by atoms with E-state index < -0.39 is 0 Å². The number of hydrogen-bond acceptors (Lipinski definition) is 6. The first-order chi connectivity index (χ1) is 13.2. The van der Waals surface area contributed by atoms with Gasteiger partial charge in [0.1, 0.15) is 17.3 Å². The van der Waals surface area contributed by atoms with E-state index in [1.807, 2.05) is 41.2 Å². The Balaban J connectivity index is 1.34. The van der Waals surface area contributed by atoms with E-state index >= 15 is 0 Å². The van der Waals surface area contributed by atoms with Crippen molar-refractivity contribution in [3.8, 4) is 17.3 Å². The highest BCUT2D eigenvalue weighted by Gasteiger charge is 2.03. The number of carbonyl (C=O) groups excluding carboxylic acids is 1. The summed E-state index contributed by atoms with van der Waals surface area (Å²) in [7, 11) is 1.60. The van der Waals surface area contributed by atoms with Crippen molar-refractivity contribution in [3.63, 3.8) is 0 Å². The average molecular weight is 367 g/mol. The summed E-state index contributed by atoms with van der Waals surface area (Å²) in [5.74, 6) is 2.55. The van der Waals surface area contributed by atoms with Crippen LogP contribution < -0.4 is 20.1 Å². The van der Waals surface area contributed by atoms with E-state index in [0.29, 0.717) is 24.7 Å². The van der Waals surface area contributed by atoms with Gasteiger partial charge in [-0.2, -0.15) is 0 Å². The summed E-state index contributed by atoms with van der Waals surface area (Å²) >= 11 is 0. The van der Waals surface area contributed by atoms with E-state index in [0.717, 1.165) is 11.6 Å². The Hall–Kier alpha value is -3.55. The number of amides is 1. The molecule has 140 valence electrons. The Morgan fingerprint density at radius 3 is 2.41 bits per heavy atom. The van der Waals surface area contributed by atoms with Crippen LogP contribution in [0.4, 0.5) is 5.82 Å².